The number of methoxy groups -OCH3 is 1. The number of nitrogens with one attached hydrogen (secondary N) is 1. The molecule has 0 aliphatic rings. The summed E-state index contributed by atoms with van der Waals surface area (Å²) in [7, 11) is 1.21. The van der Waals surface area contributed by atoms with Crippen molar-refractivity contribution in [3.63, 3.8) is 0 Å². The van der Waals surface area contributed by atoms with E-state index < -0.39 is 11.9 Å². The molecule has 2 rings (SSSR count). The number of halogens is 2. The lowest BCUT2D eigenvalue weighted by Gasteiger charge is -2.11. The van der Waals surface area contributed by atoms with E-state index in [0.29, 0.717) is 22.1 Å². The van der Waals surface area contributed by atoms with Gasteiger partial charge in [-0.15, -0.1) is 0 Å². The summed E-state index contributed by atoms with van der Waals surface area (Å²) >= 11 is 11.8. The van der Waals surface area contributed by atoms with Gasteiger partial charge in [0.25, 0.3) is 5.91 Å². The van der Waals surface area contributed by atoms with Crippen molar-refractivity contribution in [1.29, 1.82) is 0 Å². The normalized spacial score (nSPS) is 10.3. The predicted octanol–water partition coefficient (Wildman–Crippen LogP) is 3.44. The Morgan fingerprint density at radius 2 is 1.70 bits per heavy atom. The SMILES string of the molecule is COC(=O)c1nc(C)c(C)nc1C(=O)Nc1ccc(Cl)cc1Cl. The van der Waals surface area contributed by atoms with Crippen LogP contribution in [0.5, 0.6) is 0 Å². The minimum atomic E-state index is -0.743. The van der Waals surface area contributed by atoms with Crippen LogP contribution >= 0.6 is 23.2 Å². The second-order valence-corrected chi connectivity index (χ2v) is 5.51. The van der Waals surface area contributed by atoms with Crippen LogP contribution in [-0.4, -0.2) is 29.0 Å². The molecule has 2 aromatic rings. The Morgan fingerprint density at radius 1 is 1.09 bits per heavy atom. The van der Waals surface area contributed by atoms with E-state index in [1.165, 1.54) is 13.2 Å². The highest BCUT2D eigenvalue weighted by molar-refractivity contribution is 6.36. The molecule has 120 valence electrons. The number of benzene rings is 1. The van der Waals surface area contributed by atoms with Crippen LogP contribution in [0.3, 0.4) is 0 Å². The minimum Gasteiger partial charge on any atom is -0.464 e. The van der Waals surface area contributed by atoms with Gasteiger partial charge in [0.1, 0.15) is 0 Å². The van der Waals surface area contributed by atoms with Crippen molar-refractivity contribution in [2.45, 2.75) is 13.8 Å². The van der Waals surface area contributed by atoms with E-state index in [1.807, 2.05) is 0 Å². The lowest BCUT2D eigenvalue weighted by Crippen LogP contribution is -2.22. The van der Waals surface area contributed by atoms with Gasteiger partial charge < -0.3 is 10.1 Å². The molecule has 1 amide bonds. The molecule has 1 heterocycles. The van der Waals surface area contributed by atoms with Crippen molar-refractivity contribution < 1.29 is 14.3 Å². The fraction of sp³-hybridized carbons (Fsp3) is 0.200. The number of ether oxygens (including phenoxy) is 1. The molecule has 6 nitrogen and oxygen atoms in total. The Morgan fingerprint density at radius 3 is 2.26 bits per heavy atom. The molecule has 0 saturated heterocycles. The number of hydrogen-bond acceptors (Lipinski definition) is 5. The van der Waals surface area contributed by atoms with Crippen LogP contribution in [0, 0.1) is 13.8 Å². The number of carbonyl (C=O) groups is 2. The molecule has 0 unspecified atom stereocenters. The predicted molar refractivity (Wildman–Crippen MR) is 87.3 cm³/mol. The molecule has 1 aromatic carbocycles. The third-order valence-electron chi connectivity index (χ3n) is 3.08. The number of hydrogen-bond donors (Lipinski definition) is 1. The van der Waals surface area contributed by atoms with Crippen molar-refractivity contribution in [2.24, 2.45) is 0 Å². The third-order valence-corrected chi connectivity index (χ3v) is 3.63. The summed E-state index contributed by atoms with van der Waals surface area (Å²) in [6, 6.07) is 4.62. The van der Waals surface area contributed by atoms with E-state index in [1.54, 1.807) is 26.0 Å². The van der Waals surface area contributed by atoms with Crippen molar-refractivity contribution in [1.82, 2.24) is 9.97 Å². The van der Waals surface area contributed by atoms with Gasteiger partial charge in [-0.1, -0.05) is 23.2 Å². The van der Waals surface area contributed by atoms with Gasteiger partial charge in [0.05, 0.1) is 29.2 Å². The van der Waals surface area contributed by atoms with Crippen LogP contribution in [0.4, 0.5) is 5.69 Å². The zero-order valence-electron chi connectivity index (χ0n) is 12.6. The summed E-state index contributed by atoms with van der Waals surface area (Å²) in [5.41, 5.74) is 1.12. The first-order valence-corrected chi connectivity index (χ1v) is 7.29. The van der Waals surface area contributed by atoms with Gasteiger partial charge >= 0.3 is 5.97 Å². The molecule has 1 aromatic heterocycles. The number of nitrogens with zero attached hydrogens (tertiary/aromatic N) is 2. The summed E-state index contributed by atoms with van der Waals surface area (Å²) in [5.74, 6) is -1.36. The molecule has 1 N–H and O–H groups in total. The Balaban J connectivity index is 2.42. The first kappa shape index (κ1) is 17.2. The van der Waals surface area contributed by atoms with E-state index in [4.69, 9.17) is 23.2 Å². The Kier molecular flexibility index (Phi) is 5.18. The lowest BCUT2D eigenvalue weighted by atomic mass is 10.2. The van der Waals surface area contributed by atoms with Crippen molar-refractivity contribution in [3.8, 4) is 0 Å². The molecule has 23 heavy (non-hydrogen) atoms. The van der Waals surface area contributed by atoms with Gasteiger partial charge in [-0.25, -0.2) is 14.8 Å². The Hall–Kier alpha value is -2.18. The van der Waals surface area contributed by atoms with Crippen LogP contribution in [-0.2, 0) is 4.74 Å². The van der Waals surface area contributed by atoms with E-state index in [0.717, 1.165) is 0 Å². The molecule has 8 heteroatoms. The molecule has 0 bridgehead atoms. The van der Waals surface area contributed by atoms with Crippen molar-refractivity contribution in [2.75, 3.05) is 12.4 Å². The molecule has 0 spiro atoms. The van der Waals surface area contributed by atoms with Crippen LogP contribution in [0.1, 0.15) is 32.4 Å². The molecule has 0 radical (unpaired) electrons. The number of aryl methyl sites for hydroxylation is 2. The van der Waals surface area contributed by atoms with Gasteiger partial charge in [-0.3, -0.25) is 4.79 Å². The molecule has 0 aliphatic carbocycles. The quantitative estimate of drug-likeness (QED) is 0.854. The van der Waals surface area contributed by atoms with Gasteiger partial charge in [0.15, 0.2) is 11.4 Å². The van der Waals surface area contributed by atoms with Gasteiger partial charge in [0.2, 0.25) is 0 Å². The largest absolute Gasteiger partial charge is 0.464 e. The van der Waals surface area contributed by atoms with Gasteiger partial charge in [0, 0.05) is 5.02 Å². The Labute approximate surface area is 142 Å². The lowest BCUT2D eigenvalue weighted by molar-refractivity contribution is 0.0589. The van der Waals surface area contributed by atoms with Crippen LogP contribution in [0.15, 0.2) is 18.2 Å². The molecule has 0 fully saturated rings. The summed E-state index contributed by atoms with van der Waals surface area (Å²) in [6.45, 7) is 3.38. The second kappa shape index (κ2) is 6.93. The number of carbonyl (C=O) groups excluding carboxylic acids is 2. The molecular formula is C15H13Cl2N3O3. The van der Waals surface area contributed by atoms with E-state index in [9.17, 15) is 9.59 Å². The zero-order chi connectivity index (χ0) is 17.1. The second-order valence-electron chi connectivity index (χ2n) is 4.66. The standard InChI is InChI=1S/C15H13Cl2N3O3/c1-7-8(2)19-13(15(22)23-3)12(18-7)14(21)20-11-5-4-9(16)6-10(11)17/h4-6H,1-3H3,(H,20,21). The molecular weight excluding hydrogens is 341 g/mol. The monoisotopic (exact) mass is 353 g/mol. The number of anilines is 1. The summed E-state index contributed by atoms with van der Waals surface area (Å²) < 4.78 is 4.65. The molecule has 0 atom stereocenters. The molecule has 0 saturated carbocycles. The Bertz CT molecular complexity index is 794. The number of aromatic nitrogens is 2. The maximum absolute atomic E-state index is 12.4. The molecule has 0 aliphatic heterocycles. The maximum Gasteiger partial charge on any atom is 0.359 e. The fourth-order valence-corrected chi connectivity index (χ4v) is 2.23. The maximum atomic E-state index is 12.4. The highest BCUT2D eigenvalue weighted by atomic mass is 35.5. The van der Waals surface area contributed by atoms with E-state index in [-0.39, 0.29) is 16.4 Å². The van der Waals surface area contributed by atoms with E-state index >= 15 is 0 Å². The van der Waals surface area contributed by atoms with Crippen LogP contribution in [0.2, 0.25) is 10.0 Å². The number of esters is 1. The topological polar surface area (TPSA) is 81.2 Å². The summed E-state index contributed by atoms with van der Waals surface area (Å²) in [5, 5.41) is 3.29. The zero-order valence-corrected chi connectivity index (χ0v) is 14.1. The third kappa shape index (κ3) is 3.78. The first-order valence-electron chi connectivity index (χ1n) is 6.53. The van der Waals surface area contributed by atoms with Gasteiger partial charge in [-0.05, 0) is 32.0 Å². The van der Waals surface area contributed by atoms with Gasteiger partial charge in [-0.2, -0.15) is 0 Å². The minimum absolute atomic E-state index is 0.133. The fourth-order valence-electron chi connectivity index (χ4n) is 1.77. The number of rotatable bonds is 3. The summed E-state index contributed by atoms with van der Waals surface area (Å²) in [6.07, 6.45) is 0. The average molecular weight is 354 g/mol. The number of amides is 1. The highest BCUT2D eigenvalue weighted by Gasteiger charge is 2.23. The summed E-state index contributed by atoms with van der Waals surface area (Å²) in [4.78, 5) is 32.5. The van der Waals surface area contributed by atoms with E-state index in [2.05, 4.69) is 20.0 Å². The van der Waals surface area contributed by atoms with Crippen LogP contribution < -0.4 is 5.32 Å². The van der Waals surface area contributed by atoms with Crippen LogP contribution in [0.25, 0.3) is 0 Å². The average Bonchev–Trinajstić information content (AvgIpc) is 2.51. The van der Waals surface area contributed by atoms with Crippen molar-refractivity contribution >= 4 is 40.8 Å². The first-order chi connectivity index (χ1) is 10.8. The van der Waals surface area contributed by atoms with Crippen molar-refractivity contribution in [3.05, 3.63) is 51.0 Å². The smallest absolute Gasteiger partial charge is 0.359 e. The highest BCUT2D eigenvalue weighted by Crippen LogP contribution is 2.26.